The van der Waals surface area contributed by atoms with Gasteiger partial charge in [0.05, 0.1) is 7.11 Å². The highest BCUT2D eigenvalue weighted by molar-refractivity contribution is 5.56. The zero-order valence-electron chi connectivity index (χ0n) is 9.28. The maximum absolute atomic E-state index is 10.5. The van der Waals surface area contributed by atoms with Crippen LogP contribution in [0.3, 0.4) is 0 Å². The van der Waals surface area contributed by atoms with E-state index in [1.165, 1.54) is 0 Å². The van der Waals surface area contributed by atoms with E-state index < -0.39 is 0 Å². The molecule has 0 heterocycles. The van der Waals surface area contributed by atoms with E-state index in [0.29, 0.717) is 17.7 Å². The summed E-state index contributed by atoms with van der Waals surface area (Å²) in [5, 5.41) is 9.91. The van der Waals surface area contributed by atoms with Crippen LogP contribution in [0.15, 0.2) is 12.1 Å². The number of phenols is 1. The molecule has 15 heavy (non-hydrogen) atoms. The first kappa shape index (κ1) is 11.6. The van der Waals surface area contributed by atoms with Crippen LogP contribution in [0.2, 0.25) is 0 Å². The molecule has 1 atom stereocenters. The molecule has 82 valence electrons. The van der Waals surface area contributed by atoms with Gasteiger partial charge in [-0.3, -0.25) is 0 Å². The van der Waals surface area contributed by atoms with E-state index in [9.17, 15) is 9.90 Å². The number of rotatable bonds is 4. The Bertz CT molecular complexity index is 358. The fourth-order valence-corrected chi connectivity index (χ4v) is 1.61. The first-order chi connectivity index (χ1) is 7.11. The number of aryl methyl sites for hydroxylation is 1. The van der Waals surface area contributed by atoms with Crippen LogP contribution in [0.1, 0.15) is 30.4 Å². The van der Waals surface area contributed by atoms with Crippen LogP contribution in [-0.4, -0.2) is 18.5 Å². The number of carbonyl (C=O) groups excluding carboxylic acids is 1. The van der Waals surface area contributed by atoms with Gasteiger partial charge in [-0.15, -0.1) is 0 Å². The molecule has 0 aliphatic carbocycles. The minimum absolute atomic E-state index is 0.0302. The zero-order valence-corrected chi connectivity index (χ0v) is 9.28. The third kappa shape index (κ3) is 2.29. The normalized spacial score (nSPS) is 12.2. The third-order valence-electron chi connectivity index (χ3n) is 2.54. The Balaban J connectivity index is 3.22. The summed E-state index contributed by atoms with van der Waals surface area (Å²) < 4.78 is 5.17. The fraction of sp³-hybridized carbons (Fsp3) is 0.417. The number of hydrogen-bond acceptors (Lipinski definition) is 3. The van der Waals surface area contributed by atoms with Gasteiger partial charge >= 0.3 is 0 Å². The molecule has 3 nitrogen and oxygen atoms in total. The second-order valence-corrected chi connectivity index (χ2v) is 3.65. The lowest BCUT2D eigenvalue weighted by Gasteiger charge is -2.16. The molecule has 0 aliphatic heterocycles. The quantitative estimate of drug-likeness (QED) is 0.773. The molecule has 0 saturated carbocycles. The molecule has 0 fully saturated rings. The van der Waals surface area contributed by atoms with Crippen LogP contribution >= 0.6 is 0 Å². The van der Waals surface area contributed by atoms with Crippen LogP contribution in [-0.2, 0) is 4.79 Å². The van der Waals surface area contributed by atoms with Gasteiger partial charge in [-0.05, 0) is 24.5 Å². The van der Waals surface area contributed by atoms with Gasteiger partial charge < -0.3 is 14.6 Å². The summed E-state index contributed by atoms with van der Waals surface area (Å²) >= 11 is 0. The van der Waals surface area contributed by atoms with Crippen molar-refractivity contribution in [3.05, 3.63) is 23.3 Å². The SMILES string of the molecule is COc1ccc(C)c(O)c1C(C)CC=O. The number of carbonyl (C=O) groups is 1. The second kappa shape index (κ2) is 4.82. The number of aldehydes is 1. The lowest BCUT2D eigenvalue weighted by molar-refractivity contribution is -0.108. The monoisotopic (exact) mass is 208 g/mol. The first-order valence-corrected chi connectivity index (χ1v) is 4.91. The van der Waals surface area contributed by atoms with Crippen molar-refractivity contribution in [2.24, 2.45) is 0 Å². The Labute approximate surface area is 89.7 Å². The Morgan fingerprint density at radius 3 is 2.73 bits per heavy atom. The van der Waals surface area contributed by atoms with Gasteiger partial charge in [-0.1, -0.05) is 13.0 Å². The Hall–Kier alpha value is -1.51. The van der Waals surface area contributed by atoms with Crippen LogP contribution in [0.4, 0.5) is 0 Å². The van der Waals surface area contributed by atoms with Crippen molar-refractivity contribution in [3.8, 4) is 11.5 Å². The van der Waals surface area contributed by atoms with E-state index in [-0.39, 0.29) is 11.7 Å². The molecule has 0 amide bonds. The van der Waals surface area contributed by atoms with Crippen molar-refractivity contribution in [1.29, 1.82) is 0 Å². The Morgan fingerprint density at radius 2 is 2.20 bits per heavy atom. The summed E-state index contributed by atoms with van der Waals surface area (Å²) in [6.07, 6.45) is 1.24. The lowest BCUT2D eigenvalue weighted by atomic mass is 9.94. The third-order valence-corrected chi connectivity index (χ3v) is 2.54. The van der Waals surface area contributed by atoms with Crippen LogP contribution in [0.25, 0.3) is 0 Å². The van der Waals surface area contributed by atoms with E-state index in [1.807, 2.05) is 19.9 Å². The average Bonchev–Trinajstić information content (AvgIpc) is 2.22. The summed E-state index contributed by atoms with van der Waals surface area (Å²) in [5.74, 6) is 0.827. The van der Waals surface area contributed by atoms with Crippen molar-refractivity contribution in [2.45, 2.75) is 26.2 Å². The maximum Gasteiger partial charge on any atom is 0.126 e. The number of phenolic OH excluding ortho intramolecular Hbond substituents is 1. The minimum atomic E-state index is -0.0302. The topological polar surface area (TPSA) is 46.5 Å². The molecule has 0 aliphatic rings. The number of hydrogen-bond donors (Lipinski definition) is 1. The number of methoxy groups -OCH3 is 1. The van der Waals surface area contributed by atoms with Gasteiger partial charge in [0.15, 0.2) is 0 Å². The number of aromatic hydroxyl groups is 1. The lowest BCUT2D eigenvalue weighted by Crippen LogP contribution is -2.00. The molecule has 1 aromatic carbocycles. The van der Waals surface area contributed by atoms with Crippen molar-refractivity contribution in [2.75, 3.05) is 7.11 Å². The standard InChI is InChI=1S/C12H16O3/c1-8(6-7-13)11-10(15-3)5-4-9(2)12(11)14/h4-5,7-8,14H,6H2,1-3H3. The highest BCUT2D eigenvalue weighted by Crippen LogP contribution is 2.37. The summed E-state index contributed by atoms with van der Waals surface area (Å²) in [5.41, 5.74) is 1.51. The minimum Gasteiger partial charge on any atom is -0.507 e. The molecule has 0 spiro atoms. The highest BCUT2D eigenvalue weighted by atomic mass is 16.5. The zero-order chi connectivity index (χ0) is 11.4. The molecule has 1 N–H and O–H groups in total. The van der Waals surface area contributed by atoms with E-state index in [0.717, 1.165) is 11.8 Å². The first-order valence-electron chi connectivity index (χ1n) is 4.91. The highest BCUT2D eigenvalue weighted by Gasteiger charge is 2.17. The van der Waals surface area contributed by atoms with Gasteiger partial charge in [-0.25, -0.2) is 0 Å². The van der Waals surface area contributed by atoms with E-state index >= 15 is 0 Å². The molecule has 0 aromatic heterocycles. The van der Waals surface area contributed by atoms with Gasteiger partial charge in [0.1, 0.15) is 17.8 Å². The predicted octanol–water partition coefficient (Wildman–Crippen LogP) is 2.40. The van der Waals surface area contributed by atoms with E-state index in [1.54, 1.807) is 13.2 Å². The predicted molar refractivity (Wildman–Crippen MR) is 58.5 cm³/mol. The average molecular weight is 208 g/mol. The molecule has 3 heteroatoms. The summed E-state index contributed by atoms with van der Waals surface area (Å²) in [6, 6.07) is 3.61. The van der Waals surface area contributed by atoms with Crippen LogP contribution < -0.4 is 4.74 Å². The molecule has 1 unspecified atom stereocenters. The van der Waals surface area contributed by atoms with Gasteiger partial charge in [0.2, 0.25) is 0 Å². The van der Waals surface area contributed by atoms with Crippen molar-refractivity contribution >= 4 is 6.29 Å². The fourth-order valence-electron chi connectivity index (χ4n) is 1.61. The number of benzene rings is 1. The van der Waals surface area contributed by atoms with Gasteiger partial charge in [0, 0.05) is 12.0 Å². The van der Waals surface area contributed by atoms with Gasteiger partial charge in [-0.2, -0.15) is 0 Å². The van der Waals surface area contributed by atoms with Crippen molar-refractivity contribution in [3.63, 3.8) is 0 Å². The molecule has 0 bridgehead atoms. The van der Waals surface area contributed by atoms with E-state index in [2.05, 4.69) is 0 Å². The summed E-state index contributed by atoms with van der Waals surface area (Å²) in [7, 11) is 1.56. The Kier molecular flexibility index (Phi) is 3.72. The van der Waals surface area contributed by atoms with Crippen LogP contribution in [0, 0.1) is 6.92 Å². The molecular formula is C12H16O3. The van der Waals surface area contributed by atoms with Crippen molar-refractivity contribution < 1.29 is 14.6 Å². The molecule has 1 aromatic rings. The molecule has 0 radical (unpaired) electrons. The Morgan fingerprint density at radius 1 is 1.53 bits per heavy atom. The summed E-state index contributed by atoms with van der Waals surface area (Å²) in [4.78, 5) is 10.5. The largest absolute Gasteiger partial charge is 0.507 e. The molecular weight excluding hydrogens is 192 g/mol. The summed E-state index contributed by atoms with van der Waals surface area (Å²) in [6.45, 7) is 3.72. The van der Waals surface area contributed by atoms with E-state index in [4.69, 9.17) is 4.74 Å². The van der Waals surface area contributed by atoms with Gasteiger partial charge in [0.25, 0.3) is 0 Å². The number of ether oxygens (including phenoxy) is 1. The van der Waals surface area contributed by atoms with Crippen molar-refractivity contribution in [1.82, 2.24) is 0 Å². The smallest absolute Gasteiger partial charge is 0.126 e. The molecule has 0 saturated heterocycles. The molecule has 1 rings (SSSR count). The van der Waals surface area contributed by atoms with Crippen LogP contribution in [0.5, 0.6) is 11.5 Å². The second-order valence-electron chi connectivity index (χ2n) is 3.65. The maximum atomic E-state index is 10.5.